The summed E-state index contributed by atoms with van der Waals surface area (Å²) < 4.78 is 19.3. The van der Waals surface area contributed by atoms with E-state index >= 15 is 0 Å². The Hall–Kier alpha value is -5.53. The minimum Gasteiger partial charge on any atom is -0.618 e. The van der Waals surface area contributed by atoms with Crippen LogP contribution in [0.4, 0.5) is 4.79 Å². The predicted octanol–water partition coefficient (Wildman–Crippen LogP) is 6.62. The number of nitrogens with one attached hydrogen (secondary N) is 1. The summed E-state index contributed by atoms with van der Waals surface area (Å²) >= 11 is 1.44. The van der Waals surface area contributed by atoms with Gasteiger partial charge in [0.25, 0.3) is 10.9 Å². The molecule has 5 aromatic rings. The number of alkyl carbamates (subject to hydrolysis) is 1. The summed E-state index contributed by atoms with van der Waals surface area (Å²) in [5.41, 5.74) is 5.99. The molecule has 0 bridgehead atoms. The van der Waals surface area contributed by atoms with E-state index < -0.39 is 24.3 Å². The Bertz CT molecular complexity index is 2120. The first-order valence-electron chi connectivity index (χ1n) is 18.1. The van der Waals surface area contributed by atoms with Crippen molar-refractivity contribution in [3.63, 3.8) is 0 Å². The largest absolute Gasteiger partial charge is 0.618 e. The Morgan fingerprint density at radius 3 is 2.35 bits per heavy atom. The van der Waals surface area contributed by atoms with Crippen LogP contribution in [-0.2, 0) is 43.6 Å². The van der Waals surface area contributed by atoms with Gasteiger partial charge in [-0.1, -0.05) is 116 Å². The molecule has 1 aromatic heterocycles. The highest BCUT2D eigenvalue weighted by atomic mass is 32.2. The molecular weight excluding hydrogens is 719 g/mol. The van der Waals surface area contributed by atoms with E-state index in [1.54, 1.807) is 12.1 Å². The van der Waals surface area contributed by atoms with Crippen LogP contribution in [0.1, 0.15) is 53.6 Å². The lowest BCUT2D eigenvalue weighted by Crippen LogP contribution is -2.41. The molecule has 3 heterocycles. The summed E-state index contributed by atoms with van der Waals surface area (Å²) in [4.78, 5) is 39.6. The number of amides is 3. The van der Waals surface area contributed by atoms with Gasteiger partial charge in [-0.15, -0.1) is 0 Å². The Balaban J connectivity index is 1.02. The number of thioether (sulfide) groups is 1. The lowest BCUT2D eigenvalue weighted by Gasteiger charge is -2.41. The first-order valence-corrected chi connectivity index (χ1v) is 19.1. The highest BCUT2D eigenvalue weighted by Gasteiger charge is 2.40. The molecule has 0 radical (unpaired) electrons. The van der Waals surface area contributed by atoms with E-state index in [4.69, 9.17) is 14.2 Å². The fraction of sp³-hybridized carbons (Fsp3) is 0.256. The van der Waals surface area contributed by atoms with Crippen molar-refractivity contribution in [1.29, 1.82) is 0 Å². The second-order valence-electron chi connectivity index (χ2n) is 13.6. The number of pyridine rings is 1. The number of aliphatic hydroxyl groups is 1. The van der Waals surface area contributed by atoms with Gasteiger partial charge in [-0.05, 0) is 45.5 Å². The molecule has 12 heteroatoms. The SMILES string of the molecule is C[C@H]1[C@@H](CSc2cccc[n+]2[O-])O[C@@H](c2ccc(-c3cccc(CN4C(=O)CC(NC(=O)OCc5ccccc5)C4=O)c3)cc2)O[C@H]1c1ccc(CO)cc1. The van der Waals surface area contributed by atoms with Crippen LogP contribution in [0.25, 0.3) is 11.1 Å². The number of likely N-dealkylation sites (tertiary alicyclic amines) is 1. The van der Waals surface area contributed by atoms with Crippen molar-refractivity contribution in [2.45, 2.75) is 62.7 Å². The third kappa shape index (κ3) is 9.06. The number of benzene rings is 4. The van der Waals surface area contributed by atoms with Crippen LogP contribution in [0.3, 0.4) is 0 Å². The van der Waals surface area contributed by atoms with Gasteiger partial charge in [0.2, 0.25) is 5.91 Å². The maximum atomic E-state index is 13.2. The molecule has 0 saturated carbocycles. The van der Waals surface area contributed by atoms with Crippen LogP contribution in [-0.4, -0.2) is 45.8 Å². The van der Waals surface area contributed by atoms with Gasteiger partial charge in [-0.3, -0.25) is 14.5 Å². The predicted molar refractivity (Wildman–Crippen MR) is 205 cm³/mol. The number of carbonyl (C=O) groups excluding carboxylic acids is 3. The minimum absolute atomic E-state index is 0.0385. The zero-order valence-corrected chi connectivity index (χ0v) is 31.0. The van der Waals surface area contributed by atoms with Crippen LogP contribution < -0.4 is 10.0 Å². The average molecular weight is 760 g/mol. The van der Waals surface area contributed by atoms with Gasteiger partial charge < -0.3 is 29.8 Å². The fourth-order valence-corrected chi connectivity index (χ4v) is 7.82. The number of carbonyl (C=O) groups is 3. The maximum absolute atomic E-state index is 13.2. The average Bonchev–Trinajstić information content (AvgIpc) is 3.47. The molecule has 55 heavy (non-hydrogen) atoms. The van der Waals surface area contributed by atoms with Gasteiger partial charge in [-0.2, -0.15) is 4.73 Å². The molecule has 0 spiro atoms. The fourth-order valence-electron chi connectivity index (χ4n) is 6.74. The number of hydrogen-bond donors (Lipinski definition) is 2. The lowest BCUT2D eigenvalue weighted by molar-refractivity contribution is -0.645. The van der Waals surface area contributed by atoms with Crippen LogP contribution >= 0.6 is 11.8 Å². The smallest absolute Gasteiger partial charge is 0.408 e. The quantitative estimate of drug-likeness (QED) is 0.0622. The third-order valence-electron chi connectivity index (χ3n) is 9.84. The number of imide groups is 1. The van der Waals surface area contributed by atoms with Gasteiger partial charge in [-0.25, -0.2) is 4.79 Å². The molecule has 5 atom stereocenters. The van der Waals surface area contributed by atoms with Crippen molar-refractivity contribution < 1.29 is 38.4 Å². The van der Waals surface area contributed by atoms with Crippen molar-refractivity contribution in [1.82, 2.24) is 10.2 Å². The lowest BCUT2D eigenvalue weighted by atomic mass is 9.91. The standard InChI is InChI=1S/C43H41N3O8S/c1-28-37(27-55-39-12-5-6-21-46(39)51)53-42(54-40(28)33-15-13-29(25-47)14-16-33)34-19-17-32(18-20-34)35-11-7-10-31(22-35)24-45-38(48)23-36(41(45)49)44-43(50)52-26-30-8-3-2-4-9-30/h2-22,28,36-37,40,42,47H,23-27H2,1H3,(H,44,50)/t28-,36?,37+,40+,42+/m0/s1. The minimum atomic E-state index is -0.988. The first-order chi connectivity index (χ1) is 26.7. The van der Waals surface area contributed by atoms with Gasteiger partial charge >= 0.3 is 6.09 Å². The Kier molecular flexibility index (Phi) is 11.9. The van der Waals surface area contributed by atoms with Crippen LogP contribution in [0.15, 0.2) is 133 Å². The van der Waals surface area contributed by atoms with Crippen LogP contribution in [0, 0.1) is 11.1 Å². The van der Waals surface area contributed by atoms with Gasteiger partial charge in [0, 0.05) is 29.4 Å². The number of aliphatic hydroxyl groups excluding tert-OH is 1. The number of aromatic nitrogens is 1. The summed E-state index contributed by atoms with van der Waals surface area (Å²) in [6.07, 6.45) is -0.627. The second kappa shape index (κ2) is 17.3. The highest BCUT2D eigenvalue weighted by molar-refractivity contribution is 7.99. The number of nitrogens with zero attached hydrogens (tertiary/aromatic N) is 2. The van der Waals surface area contributed by atoms with Crippen molar-refractivity contribution in [2.75, 3.05) is 5.75 Å². The molecule has 11 nitrogen and oxygen atoms in total. The van der Waals surface area contributed by atoms with E-state index in [1.807, 2.05) is 109 Å². The van der Waals surface area contributed by atoms with E-state index in [0.29, 0.717) is 10.8 Å². The van der Waals surface area contributed by atoms with Crippen LogP contribution in [0.5, 0.6) is 0 Å². The molecule has 282 valence electrons. The summed E-state index contributed by atoms with van der Waals surface area (Å²) in [6, 6.07) is 36.8. The van der Waals surface area contributed by atoms with Gasteiger partial charge in [0.1, 0.15) is 12.6 Å². The monoisotopic (exact) mass is 759 g/mol. The topological polar surface area (TPSA) is 141 Å². The van der Waals surface area contributed by atoms with Crippen LogP contribution in [0.2, 0.25) is 0 Å². The van der Waals surface area contributed by atoms with E-state index in [1.165, 1.54) is 22.9 Å². The van der Waals surface area contributed by atoms with Crippen molar-refractivity contribution in [3.05, 3.63) is 161 Å². The molecule has 4 aromatic carbocycles. The third-order valence-corrected chi connectivity index (χ3v) is 10.9. The summed E-state index contributed by atoms with van der Waals surface area (Å²) in [7, 11) is 0. The van der Waals surface area contributed by atoms with E-state index in [-0.39, 0.29) is 50.2 Å². The summed E-state index contributed by atoms with van der Waals surface area (Å²) in [5.74, 6) is -0.345. The molecule has 7 rings (SSSR count). The normalized spacial score (nSPS) is 21.1. The van der Waals surface area contributed by atoms with E-state index in [9.17, 15) is 24.7 Å². The Morgan fingerprint density at radius 1 is 0.873 bits per heavy atom. The number of hydrogen-bond acceptors (Lipinski definition) is 9. The molecule has 2 aliphatic rings. The highest BCUT2D eigenvalue weighted by Crippen LogP contribution is 2.43. The molecule has 0 aliphatic carbocycles. The van der Waals surface area contributed by atoms with Crippen molar-refractivity contribution in [2.24, 2.45) is 5.92 Å². The number of rotatable bonds is 12. The Morgan fingerprint density at radius 2 is 1.60 bits per heavy atom. The Labute approximate surface area is 323 Å². The maximum Gasteiger partial charge on any atom is 0.408 e. The second-order valence-corrected chi connectivity index (χ2v) is 14.6. The molecule has 3 amide bonds. The molecule has 1 unspecified atom stereocenters. The molecule has 2 N–H and O–H groups in total. The molecule has 2 aliphatic heterocycles. The zero-order chi connectivity index (χ0) is 38.3. The summed E-state index contributed by atoms with van der Waals surface area (Å²) in [5, 5.41) is 25.1. The number of ether oxygens (including phenoxy) is 3. The zero-order valence-electron chi connectivity index (χ0n) is 30.2. The van der Waals surface area contributed by atoms with E-state index in [2.05, 4.69) is 12.2 Å². The summed E-state index contributed by atoms with van der Waals surface area (Å²) in [6.45, 7) is 2.16. The van der Waals surface area contributed by atoms with E-state index in [0.717, 1.165) is 43.7 Å². The van der Waals surface area contributed by atoms with Crippen molar-refractivity contribution in [3.8, 4) is 11.1 Å². The van der Waals surface area contributed by atoms with Gasteiger partial charge in [0.05, 0.1) is 31.8 Å². The first kappa shape index (κ1) is 37.8. The molecule has 2 fully saturated rings. The van der Waals surface area contributed by atoms with Crippen molar-refractivity contribution >= 4 is 29.7 Å². The van der Waals surface area contributed by atoms with Gasteiger partial charge in [0.15, 0.2) is 12.5 Å². The molecule has 2 saturated heterocycles. The molecular formula is C43H41N3O8S.